The molecule has 5 nitrogen and oxygen atoms in total. The van der Waals surface area contributed by atoms with Crippen LogP contribution in [0.3, 0.4) is 0 Å². The molecule has 0 saturated heterocycles. The molecule has 0 fully saturated rings. The summed E-state index contributed by atoms with van der Waals surface area (Å²) < 4.78 is 10.7. The lowest BCUT2D eigenvalue weighted by Crippen LogP contribution is -1.93. The van der Waals surface area contributed by atoms with Gasteiger partial charge in [0, 0.05) is 17.1 Å². The smallest absolute Gasteiger partial charge is 0.231 e. The molecule has 0 aliphatic carbocycles. The first-order valence-electron chi connectivity index (χ1n) is 6.83. The number of benzene rings is 1. The fraction of sp³-hybridized carbons (Fsp3) is 0.125. The molecular weight excluding hydrogens is 298 g/mol. The number of aryl methyl sites for hydroxylation is 1. The minimum atomic E-state index is 0.279. The molecule has 4 rings (SSSR count). The van der Waals surface area contributed by atoms with Crippen molar-refractivity contribution in [2.24, 2.45) is 0 Å². The Bertz CT molecular complexity index is 832. The van der Waals surface area contributed by atoms with Gasteiger partial charge in [-0.2, -0.15) is 0 Å². The highest BCUT2D eigenvalue weighted by Crippen LogP contribution is 2.36. The molecule has 3 aromatic rings. The summed E-state index contributed by atoms with van der Waals surface area (Å²) in [6.45, 7) is 2.31. The maximum atomic E-state index is 5.40. The van der Waals surface area contributed by atoms with Crippen molar-refractivity contribution in [3.05, 3.63) is 47.5 Å². The maximum Gasteiger partial charge on any atom is 0.231 e. The fourth-order valence-corrected chi connectivity index (χ4v) is 2.96. The largest absolute Gasteiger partial charge is 0.454 e. The lowest BCUT2D eigenvalue weighted by atomic mass is 10.1. The van der Waals surface area contributed by atoms with E-state index >= 15 is 0 Å². The zero-order valence-corrected chi connectivity index (χ0v) is 12.7. The number of nitrogens with one attached hydrogen (secondary N) is 1. The van der Waals surface area contributed by atoms with Gasteiger partial charge in [0.15, 0.2) is 16.6 Å². The summed E-state index contributed by atoms with van der Waals surface area (Å²) in [5.74, 6) is 2.34. The Kier molecular flexibility index (Phi) is 3.16. The number of ether oxygens (including phenoxy) is 2. The molecule has 1 N–H and O–H groups in total. The fourth-order valence-electron chi connectivity index (χ4n) is 2.23. The van der Waals surface area contributed by atoms with E-state index in [2.05, 4.69) is 15.3 Å². The number of hydrogen-bond donors (Lipinski definition) is 1. The first-order valence-corrected chi connectivity index (χ1v) is 7.71. The highest BCUT2D eigenvalue weighted by atomic mass is 32.1. The van der Waals surface area contributed by atoms with Crippen molar-refractivity contribution in [3.63, 3.8) is 0 Å². The third-order valence-electron chi connectivity index (χ3n) is 3.32. The van der Waals surface area contributed by atoms with E-state index in [1.165, 1.54) is 0 Å². The minimum absolute atomic E-state index is 0.279. The van der Waals surface area contributed by atoms with Gasteiger partial charge < -0.3 is 14.8 Å². The van der Waals surface area contributed by atoms with Gasteiger partial charge in [0.2, 0.25) is 6.79 Å². The van der Waals surface area contributed by atoms with Crippen LogP contribution in [-0.2, 0) is 0 Å². The molecule has 1 aromatic carbocycles. The lowest BCUT2D eigenvalue weighted by Gasteiger charge is -2.02. The Morgan fingerprint density at radius 2 is 2.05 bits per heavy atom. The number of anilines is 2. The summed E-state index contributed by atoms with van der Waals surface area (Å²) in [5, 5.41) is 6.05. The van der Waals surface area contributed by atoms with Crippen LogP contribution in [0.4, 0.5) is 10.9 Å². The Hall–Kier alpha value is -2.60. The Balaban J connectivity index is 1.59. The maximum absolute atomic E-state index is 5.40. The summed E-state index contributed by atoms with van der Waals surface area (Å²) >= 11 is 1.54. The van der Waals surface area contributed by atoms with E-state index in [9.17, 15) is 0 Å². The van der Waals surface area contributed by atoms with E-state index in [1.807, 2.05) is 42.6 Å². The Morgan fingerprint density at radius 1 is 1.14 bits per heavy atom. The third-order valence-corrected chi connectivity index (χ3v) is 4.08. The van der Waals surface area contributed by atoms with Crippen molar-refractivity contribution >= 4 is 22.3 Å². The zero-order valence-electron chi connectivity index (χ0n) is 11.9. The molecule has 0 saturated carbocycles. The monoisotopic (exact) mass is 311 g/mol. The predicted molar refractivity (Wildman–Crippen MR) is 85.9 cm³/mol. The highest BCUT2D eigenvalue weighted by molar-refractivity contribution is 7.14. The molecule has 6 heteroatoms. The molecule has 2 aromatic heterocycles. The average molecular weight is 311 g/mol. The van der Waals surface area contributed by atoms with Gasteiger partial charge in [-0.15, -0.1) is 11.3 Å². The van der Waals surface area contributed by atoms with E-state index in [0.717, 1.165) is 39.3 Å². The van der Waals surface area contributed by atoms with E-state index < -0.39 is 0 Å². The molecule has 1 aliphatic rings. The Morgan fingerprint density at radius 3 is 2.95 bits per heavy atom. The molecule has 0 amide bonds. The van der Waals surface area contributed by atoms with Crippen LogP contribution < -0.4 is 14.8 Å². The van der Waals surface area contributed by atoms with Crippen LogP contribution >= 0.6 is 11.3 Å². The van der Waals surface area contributed by atoms with Gasteiger partial charge in [-0.25, -0.2) is 9.97 Å². The summed E-state index contributed by atoms with van der Waals surface area (Å²) in [6.07, 6.45) is 1.78. The van der Waals surface area contributed by atoms with Gasteiger partial charge in [0.25, 0.3) is 0 Å². The van der Waals surface area contributed by atoms with Gasteiger partial charge >= 0.3 is 0 Å². The van der Waals surface area contributed by atoms with E-state index in [-0.39, 0.29) is 6.79 Å². The van der Waals surface area contributed by atoms with E-state index in [1.54, 1.807) is 17.5 Å². The van der Waals surface area contributed by atoms with E-state index in [0.29, 0.717) is 0 Å². The quantitative estimate of drug-likeness (QED) is 0.792. The second kappa shape index (κ2) is 5.31. The van der Waals surface area contributed by atoms with Crippen molar-refractivity contribution in [2.45, 2.75) is 6.92 Å². The number of nitrogens with zero attached hydrogens (tertiary/aromatic N) is 2. The summed E-state index contributed by atoms with van der Waals surface area (Å²) in [4.78, 5) is 8.89. The van der Waals surface area contributed by atoms with Crippen LogP contribution in [0.25, 0.3) is 11.3 Å². The molecule has 0 bridgehead atoms. The van der Waals surface area contributed by atoms with Crippen LogP contribution in [0.5, 0.6) is 11.5 Å². The van der Waals surface area contributed by atoms with Crippen molar-refractivity contribution in [1.82, 2.24) is 9.97 Å². The zero-order chi connectivity index (χ0) is 14.9. The van der Waals surface area contributed by atoms with Crippen LogP contribution in [0.15, 0.2) is 41.9 Å². The lowest BCUT2D eigenvalue weighted by molar-refractivity contribution is 0.174. The van der Waals surface area contributed by atoms with E-state index in [4.69, 9.17) is 9.47 Å². The molecule has 1 aliphatic heterocycles. The SMILES string of the molecule is Cc1ccnc(Nc2nc(-c3ccc4c(c3)OCO4)cs2)c1. The molecule has 0 atom stereocenters. The highest BCUT2D eigenvalue weighted by Gasteiger charge is 2.15. The number of hydrogen-bond acceptors (Lipinski definition) is 6. The van der Waals surface area contributed by atoms with Crippen LogP contribution in [0.2, 0.25) is 0 Å². The van der Waals surface area contributed by atoms with Crippen molar-refractivity contribution < 1.29 is 9.47 Å². The number of pyridine rings is 1. The molecular formula is C16H13N3O2S. The van der Waals surface area contributed by atoms with Crippen LogP contribution in [0.1, 0.15) is 5.56 Å². The molecule has 110 valence electrons. The van der Waals surface area contributed by atoms with Gasteiger partial charge in [0.1, 0.15) is 5.82 Å². The molecule has 0 radical (unpaired) electrons. The van der Waals surface area contributed by atoms with Crippen molar-refractivity contribution in [3.8, 4) is 22.8 Å². The third kappa shape index (κ3) is 2.48. The number of fused-ring (bicyclic) bond motifs is 1. The predicted octanol–water partition coefficient (Wildman–Crippen LogP) is 3.99. The van der Waals surface area contributed by atoms with Crippen LogP contribution in [-0.4, -0.2) is 16.8 Å². The second-order valence-electron chi connectivity index (χ2n) is 4.95. The summed E-state index contributed by atoms with van der Waals surface area (Å²) in [7, 11) is 0. The van der Waals surface area contributed by atoms with Gasteiger partial charge in [0.05, 0.1) is 5.69 Å². The number of thiazole rings is 1. The topological polar surface area (TPSA) is 56.3 Å². The average Bonchev–Trinajstić information content (AvgIpc) is 3.15. The summed E-state index contributed by atoms with van der Waals surface area (Å²) in [5.41, 5.74) is 3.06. The van der Waals surface area contributed by atoms with Crippen LogP contribution in [0, 0.1) is 6.92 Å². The Labute approximate surface area is 131 Å². The normalized spacial score (nSPS) is 12.4. The van der Waals surface area contributed by atoms with Crippen molar-refractivity contribution in [2.75, 3.05) is 12.1 Å². The molecule has 3 heterocycles. The standard InChI is InChI=1S/C16H13N3O2S/c1-10-4-5-17-15(6-10)19-16-18-12(8-22-16)11-2-3-13-14(7-11)21-9-20-13/h2-8H,9H2,1H3,(H,17,18,19). The van der Waals surface area contributed by atoms with Gasteiger partial charge in [-0.05, 0) is 42.8 Å². The molecule has 22 heavy (non-hydrogen) atoms. The first kappa shape index (κ1) is 13.1. The number of aromatic nitrogens is 2. The first-order chi connectivity index (χ1) is 10.8. The summed E-state index contributed by atoms with van der Waals surface area (Å²) in [6, 6.07) is 9.79. The van der Waals surface area contributed by atoms with Crippen molar-refractivity contribution in [1.29, 1.82) is 0 Å². The molecule has 0 spiro atoms. The number of rotatable bonds is 3. The molecule has 0 unspecified atom stereocenters. The second-order valence-corrected chi connectivity index (χ2v) is 5.81. The van der Waals surface area contributed by atoms with Gasteiger partial charge in [-0.3, -0.25) is 0 Å². The minimum Gasteiger partial charge on any atom is -0.454 e. The van der Waals surface area contributed by atoms with Gasteiger partial charge in [-0.1, -0.05) is 0 Å².